The molecule has 0 spiro atoms. The van der Waals surface area contributed by atoms with Crippen LogP contribution in [0.4, 0.5) is 5.95 Å². The number of anilines is 1. The predicted octanol–water partition coefficient (Wildman–Crippen LogP) is 1.94. The van der Waals surface area contributed by atoms with Crippen LogP contribution in [0.5, 0.6) is 0 Å². The second-order valence-corrected chi connectivity index (χ2v) is 7.56. The van der Waals surface area contributed by atoms with Crippen molar-refractivity contribution in [3.05, 3.63) is 0 Å². The molecule has 96 valence electrons. The van der Waals surface area contributed by atoms with Crippen molar-refractivity contribution in [3.63, 3.8) is 0 Å². The van der Waals surface area contributed by atoms with Gasteiger partial charge in [0, 0.05) is 21.9 Å². The fourth-order valence-corrected chi connectivity index (χ4v) is 5.41. The van der Waals surface area contributed by atoms with E-state index in [1.165, 1.54) is 37.8 Å². The maximum Gasteiger partial charge on any atom is 0.283 e. The quantitative estimate of drug-likeness (QED) is 0.646. The van der Waals surface area contributed by atoms with E-state index in [4.69, 9.17) is 0 Å². The van der Waals surface area contributed by atoms with Crippen LogP contribution in [-0.2, 0) is 0 Å². The summed E-state index contributed by atoms with van der Waals surface area (Å²) in [5.74, 6) is 2.61. The van der Waals surface area contributed by atoms with Crippen LogP contribution in [0, 0.1) is 17.8 Å². The average molecular weight is 311 g/mol. The minimum absolute atomic E-state index is 0.397. The monoisotopic (exact) mass is 310 g/mol. The number of rotatable bonds is 2. The normalized spacial score (nSPS) is 43.6. The zero-order valence-corrected chi connectivity index (χ0v) is 11.5. The van der Waals surface area contributed by atoms with E-state index in [9.17, 15) is 0 Å². The SMILES string of the molecule is BrC12CC3C[C@H](C1)C(=NNc1nn[nH]n1)[C@@H](C3)C2. The summed E-state index contributed by atoms with van der Waals surface area (Å²) in [7, 11) is 0. The summed E-state index contributed by atoms with van der Waals surface area (Å²) in [6.07, 6.45) is 6.41. The molecule has 1 heterocycles. The molecule has 5 rings (SSSR count). The van der Waals surface area contributed by atoms with Crippen molar-refractivity contribution in [1.82, 2.24) is 20.6 Å². The number of tetrazole rings is 1. The Morgan fingerprint density at radius 1 is 1.28 bits per heavy atom. The van der Waals surface area contributed by atoms with Crippen molar-refractivity contribution in [2.24, 2.45) is 22.9 Å². The lowest BCUT2D eigenvalue weighted by Crippen LogP contribution is -2.52. The van der Waals surface area contributed by atoms with Crippen molar-refractivity contribution < 1.29 is 0 Å². The van der Waals surface area contributed by atoms with E-state index < -0.39 is 0 Å². The molecule has 7 heteroatoms. The Bertz CT molecular complexity index is 466. The first-order valence-corrected chi connectivity index (χ1v) is 7.27. The largest absolute Gasteiger partial charge is 0.283 e. The Morgan fingerprint density at radius 2 is 2.06 bits per heavy atom. The fourth-order valence-electron chi connectivity index (χ4n) is 4.18. The molecule has 4 atom stereocenters. The lowest BCUT2D eigenvalue weighted by molar-refractivity contribution is 0.135. The summed E-state index contributed by atoms with van der Waals surface area (Å²) in [5.41, 5.74) is 4.25. The van der Waals surface area contributed by atoms with Crippen LogP contribution in [0.15, 0.2) is 5.10 Å². The van der Waals surface area contributed by atoms with Crippen LogP contribution in [0.2, 0.25) is 0 Å². The van der Waals surface area contributed by atoms with Gasteiger partial charge in [-0.25, -0.2) is 5.43 Å². The Morgan fingerprint density at radius 3 is 2.67 bits per heavy atom. The Balaban J connectivity index is 1.58. The molecule has 0 amide bonds. The van der Waals surface area contributed by atoms with Crippen LogP contribution in [0.25, 0.3) is 0 Å². The van der Waals surface area contributed by atoms with Crippen LogP contribution in [0.1, 0.15) is 32.1 Å². The van der Waals surface area contributed by atoms with E-state index in [0.717, 1.165) is 5.92 Å². The summed E-state index contributed by atoms with van der Waals surface area (Å²) in [6, 6.07) is 0. The number of H-pyrrole nitrogens is 1. The fraction of sp³-hybridized carbons (Fsp3) is 0.818. The van der Waals surface area contributed by atoms with Gasteiger partial charge in [0.1, 0.15) is 0 Å². The van der Waals surface area contributed by atoms with E-state index >= 15 is 0 Å². The molecule has 0 aliphatic heterocycles. The summed E-state index contributed by atoms with van der Waals surface area (Å²) >= 11 is 3.96. The molecule has 2 unspecified atom stereocenters. The third kappa shape index (κ3) is 1.67. The Hall–Kier alpha value is -0.980. The molecule has 4 fully saturated rings. The van der Waals surface area contributed by atoms with Gasteiger partial charge in [-0.3, -0.25) is 0 Å². The van der Waals surface area contributed by atoms with Gasteiger partial charge in [-0.1, -0.05) is 21.0 Å². The molecule has 4 bridgehead atoms. The topological polar surface area (TPSA) is 78.9 Å². The maximum atomic E-state index is 4.56. The smallest absolute Gasteiger partial charge is 0.243 e. The number of alkyl halides is 1. The molecule has 0 radical (unpaired) electrons. The molecule has 1 aromatic rings. The van der Waals surface area contributed by atoms with Crippen LogP contribution < -0.4 is 5.43 Å². The maximum absolute atomic E-state index is 4.56. The molecule has 6 nitrogen and oxygen atoms in total. The standard InChI is InChI=1S/C11H15BrN6/c12-11-3-6-1-7(4-11)9(8(2-6)5-11)13-14-10-15-17-18-16-10/h6-8H,1-5H2,(H2,14,15,16,17,18)/t6?,7-,8+,11?. The molecular formula is C11H15BrN6. The van der Waals surface area contributed by atoms with Gasteiger partial charge < -0.3 is 0 Å². The third-order valence-electron chi connectivity index (χ3n) is 4.58. The summed E-state index contributed by atoms with van der Waals surface area (Å²) in [4.78, 5) is 0. The van der Waals surface area contributed by atoms with Crippen LogP contribution >= 0.6 is 15.9 Å². The van der Waals surface area contributed by atoms with Crippen LogP contribution in [0.3, 0.4) is 0 Å². The molecule has 4 saturated carbocycles. The highest BCUT2D eigenvalue weighted by molar-refractivity contribution is 9.10. The van der Waals surface area contributed by atoms with Gasteiger partial charge in [0.2, 0.25) is 0 Å². The predicted molar refractivity (Wildman–Crippen MR) is 70.4 cm³/mol. The van der Waals surface area contributed by atoms with Crippen molar-refractivity contribution in [3.8, 4) is 0 Å². The summed E-state index contributed by atoms with van der Waals surface area (Å²) < 4.78 is 0.397. The van der Waals surface area contributed by atoms with Crippen molar-refractivity contribution >= 4 is 27.6 Å². The lowest BCUT2D eigenvalue weighted by Gasteiger charge is -2.54. The number of aromatic nitrogens is 4. The first-order valence-electron chi connectivity index (χ1n) is 6.48. The molecule has 0 aromatic carbocycles. The Labute approximate surface area is 113 Å². The molecular weight excluding hydrogens is 296 g/mol. The number of hydrogen-bond donors (Lipinski definition) is 2. The second-order valence-electron chi connectivity index (χ2n) is 5.88. The zero-order valence-electron chi connectivity index (χ0n) is 9.93. The molecule has 1 aromatic heterocycles. The van der Waals surface area contributed by atoms with Gasteiger partial charge >= 0.3 is 0 Å². The molecule has 0 saturated heterocycles. The van der Waals surface area contributed by atoms with Gasteiger partial charge in [-0.05, 0) is 43.2 Å². The van der Waals surface area contributed by atoms with Crippen LogP contribution in [-0.4, -0.2) is 30.7 Å². The Kier molecular flexibility index (Phi) is 2.27. The van der Waals surface area contributed by atoms with E-state index in [1.54, 1.807) is 0 Å². The van der Waals surface area contributed by atoms with Crippen molar-refractivity contribution in [1.29, 1.82) is 0 Å². The minimum atomic E-state index is 0.397. The minimum Gasteiger partial charge on any atom is -0.243 e. The first kappa shape index (κ1) is 10.9. The van der Waals surface area contributed by atoms with Gasteiger partial charge in [-0.15, -0.1) is 5.10 Å². The van der Waals surface area contributed by atoms with E-state index in [0.29, 0.717) is 22.1 Å². The highest BCUT2D eigenvalue weighted by Gasteiger charge is 2.52. The molecule has 2 N–H and O–H groups in total. The zero-order chi connectivity index (χ0) is 12.2. The highest BCUT2D eigenvalue weighted by Crippen LogP contribution is 2.57. The summed E-state index contributed by atoms with van der Waals surface area (Å²) in [5, 5.41) is 18.2. The average Bonchev–Trinajstić information content (AvgIpc) is 2.78. The second kappa shape index (κ2) is 3.76. The number of nitrogens with zero attached hydrogens (tertiary/aromatic N) is 4. The van der Waals surface area contributed by atoms with E-state index in [2.05, 4.69) is 47.1 Å². The number of hydrogen-bond acceptors (Lipinski definition) is 5. The van der Waals surface area contributed by atoms with E-state index in [-0.39, 0.29) is 0 Å². The lowest BCUT2D eigenvalue weighted by atomic mass is 9.55. The van der Waals surface area contributed by atoms with E-state index in [1.807, 2.05) is 0 Å². The number of nitrogens with one attached hydrogen (secondary N) is 2. The van der Waals surface area contributed by atoms with Crippen molar-refractivity contribution in [2.75, 3.05) is 5.43 Å². The van der Waals surface area contributed by atoms with Gasteiger partial charge in [-0.2, -0.15) is 10.3 Å². The molecule has 18 heavy (non-hydrogen) atoms. The van der Waals surface area contributed by atoms with Gasteiger partial charge in [0.25, 0.3) is 5.95 Å². The number of hydrazone groups is 1. The van der Waals surface area contributed by atoms with Gasteiger partial charge in [0.05, 0.1) is 0 Å². The number of aromatic amines is 1. The van der Waals surface area contributed by atoms with Crippen molar-refractivity contribution in [2.45, 2.75) is 36.4 Å². The number of halogens is 1. The van der Waals surface area contributed by atoms with Gasteiger partial charge in [0.15, 0.2) is 0 Å². The summed E-state index contributed by atoms with van der Waals surface area (Å²) in [6.45, 7) is 0. The third-order valence-corrected chi connectivity index (χ3v) is 5.55. The first-order chi connectivity index (χ1) is 8.72. The highest BCUT2D eigenvalue weighted by atomic mass is 79.9. The molecule has 4 aliphatic carbocycles. The molecule has 4 aliphatic rings.